The molecule has 0 amide bonds. The summed E-state index contributed by atoms with van der Waals surface area (Å²) in [5.74, 6) is 0.356. The Morgan fingerprint density at radius 3 is 2.67 bits per heavy atom. The van der Waals surface area contributed by atoms with Gasteiger partial charge in [0, 0.05) is 17.1 Å². The molecule has 0 aliphatic carbocycles. The molecule has 1 aliphatic rings. The fourth-order valence-electron chi connectivity index (χ4n) is 3.57. The van der Waals surface area contributed by atoms with Gasteiger partial charge < -0.3 is 23.5 Å². The van der Waals surface area contributed by atoms with Crippen LogP contribution >= 0.6 is 0 Å². The number of esters is 2. The van der Waals surface area contributed by atoms with Crippen LogP contribution in [-0.2, 0) is 14.3 Å². The second-order valence-corrected chi connectivity index (χ2v) is 6.87. The predicted octanol–water partition coefficient (Wildman–Crippen LogP) is 4.09. The molecular weight excluding hydrogens is 386 g/mol. The molecule has 7 nitrogen and oxygen atoms in total. The van der Waals surface area contributed by atoms with E-state index in [1.54, 1.807) is 35.9 Å². The first-order valence-electron chi connectivity index (χ1n) is 9.97. The van der Waals surface area contributed by atoms with E-state index in [0.29, 0.717) is 34.6 Å². The molecule has 2 aromatic carbocycles. The summed E-state index contributed by atoms with van der Waals surface area (Å²) in [6, 6.07) is 12.0. The van der Waals surface area contributed by atoms with Crippen molar-refractivity contribution in [3.05, 3.63) is 59.8 Å². The third-order valence-corrected chi connectivity index (χ3v) is 4.90. The van der Waals surface area contributed by atoms with E-state index in [-0.39, 0.29) is 13.4 Å². The van der Waals surface area contributed by atoms with Gasteiger partial charge in [-0.15, -0.1) is 0 Å². The number of ether oxygens (including phenoxy) is 4. The molecule has 1 aliphatic heterocycles. The summed E-state index contributed by atoms with van der Waals surface area (Å²) in [5.41, 5.74) is 1.82. The van der Waals surface area contributed by atoms with E-state index in [1.165, 1.54) is 0 Å². The number of hydrogen-bond acceptors (Lipinski definition) is 6. The maximum Gasteiger partial charge on any atom is 0.340 e. The van der Waals surface area contributed by atoms with E-state index in [4.69, 9.17) is 18.9 Å². The lowest BCUT2D eigenvalue weighted by atomic mass is 10.1. The van der Waals surface area contributed by atoms with Crippen LogP contribution in [0.3, 0.4) is 0 Å². The van der Waals surface area contributed by atoms with Crippen LogP contribution in [0.2, 0.25) is 0 Å². The average Bonchev–Trinajstić information content (AvgIpc) is 3.37. The van der Waals surface area contributed by atoms with E-state index in [0.717, 1.165) is 11.9 Å². The summed E-state index contributed by atoms with van der Waals surface area (Å²) in [6.45, 7) is 4.41. The molecule has 0 spiro atoms. The van der Waals surface area contributed by atoms with Gasteiger partial charge in [-0.05, 0) is 37.1 Å². The van der Waals surface area contributed by atoms with Gasteiger partial charge in [0.2, 0.25) is 6.79 Å². The van der Waals surface area contributed by atoms with E-state index in [1.807, 2.05) is 31.2 Å². The lowest BCUT2D eigenvalue weighted by Gasteiger charge is -2.19. The normalized spacial score (nSPS) is 13.3. The summed E-state index contributed by atoms with van der Waals surface area (Å²) in [6.07, 6.45) is 2.39. The lowest BCUT2D eigenvalue weighted by molar-refractivity contribution is -0.145. The molecule has 1 unspecified atom stereocenters. The third-order valence-electron chi connectivity index (χ3n) is 4.90. The van der Waals surface area contributed by atoms with Crippen LogP contribution in [0, 0.1) is 0 Å². The van der Waals surface area contributed by atoms with Crippen LogP contribution in [0.15, 0.2) is 48.7 Å². The smallest absolute Gasteiger partial charge is 0.340 e. The number of hydrogen-bond donors (Lipinski definition) is 0. The Bertz CT molecular complexity index is 1090. The largest absolute Gasteiger partial charge is 0.464 e. The van der Waals surface area contributed by atoms with Crippen molar-refractivity contribution in [2.75, 3.05) is 20.0 Å². The Morgan fingerprint density at radius 1 is 1.07 bits per heavy atom. The number of rotatable bonds is 7. The van der Waals surface area contributed by atoms with Gasteiger partial charge in [0.25, 0.3) is 0 Å². The van der Waals surface area contributed by atoms with Crippen LogP contribution in [0.25, 0.3) is 10.9 Å². The van der Waals surface area contributed by atoms with Crippen LogP contribution in [0.5, 0.6) is 11.5 Å². The van der Waals surface area contributed by atoms with Crippen LogP contribution in [-0.4, -0.2) is 36.5 Å². The minimum Gasteiger partial charge on any atom is -0.464 e. The molecule has 156 valence electrons. The van der Waals surface area contributed by atoms with Gasteiger partial charge in [-0.2, -0.15) is 0 Å². The molecule has 1 atom stereocenters. The molecule has 0 saturated carbocycles. The van der Waals surface area contributed by atoms with Gasteiger partial charge in [-0.1, -0.05) is 31.2 Å². The van der Waals surface area contributed by atoms with E-state index < -0.39 is 18.0 Å². The Hall–Kier alpha value is -3.48. The number of carbonyl (C=O) groups is 2. The molecule has 7 heteroatoms. The Labute approximate surface area is 174 Å². The van der Waals surface area contributed by atoms with Crippen molar-refractivity contribution >= 4 is 22.8 Å². The summed E-state index contributed by atoms with van der Waals surface area (Å²) in [7, 11) is 0. The van der Waals surface area contributed by atoms with Crippen molar-refractivity contribution in [3.8, 4) is 11.5 Å². The van der Waals surface area contributed by atoms with Gasteiger partial charge in [-0.25, -0.2) is 9.59 Å². The highest BCUT2D eigenvalue weighted by Crippen LogP contribution is 2.37. The highest BCUT2D eigenvalue weighted by atomic mass is 16.7. The molecule has 1 aromatic heterocycles. The Morgan fingerprint density at radius 2 is 1.87 bits per heavy atom. The third kappa shape index (κ3) is 3.58. The highest BCUT2D eigenvalue weighted by molar-refractivity contribution is 6.05. The topological polar surface area (TPSA) is 76.0 Å². The molecule has 3 aromatic rings. The first-order valence-corrected chi connectivity index (χ1v) is 9.97. The fraction of sp³-hybridized carbons (Fsp3) is 0.304. The summed E-state index contributed by atoms with van der Waals surface area (Å²) in [4.78, 5) is 25.7. The maximum absolute atomic E-state index is 13.0. The second kappa shape index (κ2) is 8.49. The number of benzene rings is 2. The van der Waals surface area contributed by atoms with Crippen molar-refractivity contribution in [3.63, 3.8) is 0 Å². The van der Waals surface area contributed by atoms with E-state index in [2.05, 4.69) is 0 Å². The zero-order valence-corrected chi connectivity index (χ0v) is 16.9. The van der Waals surface area contributed by atoms with Crippen LogP contribution in [0.4, 0.5) is 0 Å². The standard InChI is InChI=1S/C23H23NO6/c1-3-11-28-22(25)17-13-24(18-8-6-5-7-16(17)18)21(23(26)27-4-2)15-9-10-19-20(12-15)30-14-29-19/h5-10,12-13,21H,3-4,11,14H2,1-2H3. The van der Waals surface area contributed by atoms with Crippen molar-refractivity contribution in [2.24, 2.45) is 0 Å². The molecule has 0 fully saturated rings. The van der Waals surface area contributed by atoms with Gasteiger partial charge in [0.05, 0.1) is 18.8 Å². The van der Waals surface area contributed by atoms with Gasteiger partial charge >= 0.3 is 11.9 Å². The first-order chi connectivity index (χ1) is 14.6. The van der Waals surface area contributed by atoms with Crippen molar-refractivity contribution < 1.29 is 28.5 Å². The zero-order valence-electron chi connectivity index (χ0n) is 16.9. The van der Waals surface area contributed by atoms with Crippen LogP contribution in [0.1, 0.15) is 42.2 Å². The molecular formula is C23H23NO6. The van der Waals surface area contributed by atoms with E-state index in [9.17, 15) is 9.59 Å². The summed E-state index contributed by atoms with van der Waals surface area (Å²) < 4.78 is 23.3. The van der Waals surface area contributed by atoms with Crippen molar-refractivity contribution in [1.82, 2.24) is 4.57 Å². The average molecular weight is 409 g/mol. The Balaban J connectivity index is 1.85. The van der Waals surface area contributed by atoms with Crippen molar-refractivity contribution in [2.45, 2.75) is 26.3 Å². The number of aromatic nitrogens is 1. The molecule has 2 heterocycles. The lowest BCUT2D eigenvalue weighted by Crippen LogP contribution is -2.22. The molecule has 0 bridgehead atoms. The quantitative estimate of drug-likeness (QED) is 0.547. The van der Waals surface area contributed by atoms with E-state index >= 15 is 0 Å². The predicted molar refractivity (Wildman–Crippen MR) is 110 cm³/mol. The summed E-state index contributed by atoms with van der Waals surface area (Å²) in [5, 5.41) is 0.716. The van der Waals surface area contributed by atoms with Crippen molar-refractivity contribution in [1.29, 1.82) is 0 Å². The number of fused-ring (bicyclic) bond motifs is 2. The first kappa shape index (κ1) is 19.8. The monoisotopic (exact) mass is 409 g/mol. The minimum atomic E-state index is -0.794. The number of carbonyl (C=O) groups excluding carboxylic acids is 2. The van der Waals surface area contributed by atoms with Gasteiger partial charge in [-0.3, -0.25) is 0 Å². The number of para-hydroxylation sites is 1. The Kier molecular flexibility index (Phi) is 5.61. The molecule has 0 saturated heterocycles. The SMILES string of the molecule is CCCOC(=O)c1cn(C(C(=O)OCC)c2ccc3c(c2)OCO3)c2ccccc12. The number of nitrogens with zero attached hydrogens (tertiary/aromatic N) is 1. The molecule has 30 heavy (non-hydrogen) atoms. The highest BCUT2D eigenvalue weighted by Gasteiger charge is 2.29. The maximum atomic E-state index is 13.0. The van der Waals surface area contributed by atoms with Gasteiger partial charge in [0.15, 0.2) is 17.5 Å². The zero-order chi connectivity index (χ0) is 21.1. The molecule has 0 radical (unpaired) electrons. The fourth-order valence-corrected chi connectivity index (χ4v) is 3.57. The second-order valence-electron chi connectivity index (χ2n) is 6.87. The van der Waals surface area contributed by atoms with Gasteiger partial charge in [0.1, 0.15) is 0 Å². The molecule has 0 N–H and O–H groups in total. The summed E-state index contributed by atoms with van der Waals surface area (Å²) >= 11 is 0. The minimum absolute atomic E-state index is 0.142. The van der Waals surface area contributed by atoms with Crippen LogP contribution < -0.4 is 9.47 Å². The molecule has 4 rings (SSSR count).